The third kappa shape index (κ3) is 5.62. The van der Waals surface area contributed by atoms with Gasteiger partial charge in [-0.25, -0.2) is 0 Å². The Morgan fingerprint density at radius 1 is 1.37 bits per heavy atom. The van der Waals surface area contributed by atoms with Crippen LogP contribution in [0.5, 0.6) is 0 Å². The molecule has 1 aromatic rings. The van der Waals surface area contributed by atoms with Crippen LogP contribution in [0.3, 0.4) is 0 Å². The number of nitrogens with one attached hydrogen (secondary N) is 1. The molecule has 2 nitrogen and oxygen atoms in total. The fourth-order valence-electron chi connectivity index (χ4n) is 2.28. The highest BCUT2D eigenvalue weighted by molar-refractivity contribution is 7.16. The Morgan fingerprint density at radius 3 is 2.58 bits per heavy atom. The quantitative estimate of drug-likeness (QED) is 0.808. The second kappa shape index (κ2) is 10.0. The molecule has 1 aliphatic rings. The minimum absolute atomic E-state index is 0. The van der Waals surface area contributed by atoms with Gasteiger partial charge in [0.15, 0.2) is 0 Å². The molecule has 2 rings (SSSR count). The molecule has 0 radical (unpaired) electrons. The highest BCUT2D eigenvalue weighted by Gasteiger charge is 2.22. The molecule has 0 aliphatic carbocycles. The average molecular weight is 344 g/mol. The summed E-state index contributed by atoms with van der Waals surface area (Å²) in [7, 11) is 0. The molecule has 1 aromatic heterocycles. The van der Waals surface area contributed by atoms with Gasteiger partial charge in [-0.15, -0.1) is 42.7 Å². The summed E-state index contributed by atoms with van der Waals surface area (Å²) in [5, 5.41) is 3.40. The zero-order valence-corrected chi connectivity index (χ0v) is 14.0. The third-order valence-corrected chi connectivity index (χ3v) is 4.49. The second-order valence-corrected chi connectivity index (χ2v) is 6.06. The Hall–Kier alpha value is 0.230. The van der Waals surface area contributed by atoms with Gasteiger partial charge in [-0.1, -0.05) is 17.7 Å². The Balaban J connectivity index is 0.00000162. The van der Waals surface area contributed by atoms with E-state index in [-0.39, 0.29) is 24.8 Å². The van der Waals surface area contributed by atoms with Crippen LogP contribution in [0.4, 0.5) is 0 Å². The van der Waals surface area contributed by atoms with Crippen molar-refractivity contribution in [2.24, 2.45) is 0 Å². The van der Waals surface area contributed by atoms with Crippen molar-refractivity contribution in [3.8, 4) is 0 Å². The van der Waals surface area contributed by atoms with E-state index in [1.807, 2.05) is 12.1 Å². The molecular weight excluding hydrogens is 323 g/mol. The standard InChI is InChI=1S/C13H19ClN2S.2ClH/c1-2-3-4-11(12-5-6-13(14)17-12)16-9-7-15-8-10-16;;/h2,5-6,11,15H,1,3-4,7-10H2;2*1H/t11-;;/m0../s1. The first kappa shape index (κ1) is 19.2. The molecule has 1 N–H and O–H groups in total. The monoisotopic (exact) mass is 342 g/mol. The Morgan fingerprint density at radius 2 is 2.05 bits per heavy atom. The molecule has 0 amide bonds. The van der Waals surface area contributed by atoms with Gasteiger partial charge in [-0.3, -0.25) is 4.90 Å². The maximum atomic E-state index is 6.04. The maximum absolute atomic E-state index is 6.04. The molecule has 2 heterocycles. The van der Waals surface area contributed by atoms with E-state index in [2.05, 4.69) is 22.9 Å². The summed E-state index contributed by atoms with van der Waals surface area (Å²) in [4.78, 5) is 3.95. The van der Waals surface area contributed by atoms with Crippen LogP contribution >= 0.6 is 47.8 Å². The topological polar surface area (TPSA) is 15.3 Å². The molecule has 0 aromatic carbocycles. The Kier molecular flexibility index (Phi) is 10.2. The molecule has 0 unspecified atom stereocenters. The van der Waals surface area contributed by atoms with Gasteiger partial charge in [0.25, 0.3) is 0 Å². The van der Waals surface area contributed by atoms with Crippen molar-refractivity contribution in [1.82, 2.24) is 10.2 Å². The number of allylic oxidation sites excluding steroid dienone is 1. The fraction of sp³-hybridized carbons (Fsp3) is 0.538. The van der Waals surface area contributed by atoms with Gasteiger partial charge in [0, 0.05) is 37.1 Å². The average Bonchev–Trinajstić information content (AvgIpc) is 2.78. The number of thiophene rings is 1. The molecule has 1 aliphatic heterocycles. The van der Waals surface area contributed by atoms with Crippen molar-refractivity contribution >= 4 is 47.8 Å². The first-order chi connectivity index (χ1) is 8.31. The van der Waals surface area contributed by atoms with Crippen molar-refractivity contribution in [2.45, 2.75) is 18.9 Å². The summed E-state index contributed by atoms with van der Waals surface area (Å²) in [5.41, 5.74) is 0. The molecule has 1 atom stereocenters. The van der Waals surface area contributed by atoms with E-state index in [9.17, 15) is 0 Å². The van der Waals surface area contributed by atoms with Crippen molar-refractivity contribution in [3.05, 3.63) is 34.0 Å². The molecule has 1 fully saturated rings. The zero-order valence-electron chi connectivity index (χ0n) is 10.8. The summed E-state index contributed by atoms with van der Waals surface area (Å²) in [6, 6.07) is 4.68. The summed E-state index contributed by atoms with van der Waals surface area (Å²) in [6.45, 7) is 8.24. The van der Waals surface area contributed by atoms with Crippen LogP contribution in [0.25, 0.3) is 0 Å². The van der Waals surface area contributed by atoms with Gasteiger partial charge in [-0.05, 0) is 25.0 Å². The fourth-order valence-corrected chi connectivity index (χ4v) is 3.51. The van der Waals surface area contributed by atoms with Gasteiger partial charge in [0.2, 0.25) is 0 Å². The molecule has 19 heavy (non-hydrogen) atoms. The van der Waals surface area contributed by atoms with Crippen LogP contribution in [0.1, 0.15) is 23.8 Å². The number of hydrogen-bond donors (Lipinski definition) is 1. The van der Waals surface area contributed by atoms with Crippen LogP contribution in [-0.2, 0) is 0 Å². The molecule has 0 spiro atoms. The lowest BCUT2D eigenvalue weighted by Gasteiger charge is -2.34. The number of rotatable bonds is 5. The van der Waals surface area contributed by atoms with Gasteiger partial charge in [0.1, 0.15) is 0 Å². The molecule has 110 valence electrons. The van der Waals surface area contributed by atoms with Gasteiger partial charge >= 0.3 is 0 Å². The summed E-state index contributed by atoms with van der Waals surface area (Å²) in [6.07, 6.45) is 4.20. The number of hydrogen-bond acceptors (Lipinski definition) is 3. The lowest BCUT2D eigenvalue weighted by atomic mass is 10.1. The highest BCUT2D eigenvalue weighted by atomic mass is 35.5. The molecule has 6 heteroatoms. The van der Waals surface area contributed by atoms with E-state index in [0.29, 0.717) is 6.04 Å². The van der Waals surface area contributed by atoms with Crippen molar-refractivity contribution < 1.29 is 0 Å². The third-order valence-electron chi connectivity index (χ3n) is 3.16. The summed E-state index contributed by atoms with van der Waals surface area (Å²) in [5.74, 6) is 0. The van der Waals surface area contributed by atoms with E-state index in [0.717, 1.165) is 43.4 Å². The SMILES string of the molecule is C=CCC[C@@H](c1ccc(Cl)s1)N1CCNCC1.Cl.Cl. The van der Waals surface area contributed by atoms with E-state index in [1.54, 1.807) is 11.3 Å². The molecule has 1 saturated heterocycles. The second-order valence-electron chi connectivity index (χ2n) is 4.31. The van der Waals surface area contributed by atoms with Crippen molar-refractivity contribution in [3.63, 3.8) is 0 Å². The van der Waals surface area contributed by atoms with E-state index in [1.165, 1.54) is 4.88 Å². The Labute approximate surface area is 137 Å². The largest absolute Gasteiger partial charge is 0.314 e. The first-order valence-electron chi connectivity index (χ1n) is 6.12. The predicted molar refractivity (Wildman–Crippen MR) is 90.4 cm³/mol. The van der Waals surface area contributed by atoms with Gasteiger partial charge in [0.05, 0.1) is 4.34 Å². The van der Waals surface area contributed by atoms with Crippen LogP contribution in [0.2, 0.25) is 4.34 Å². The maximum Gasteiger partial charge on any atom is 0.0931 e. The van der Waals surface area contributed by atoms with Crippen molar-refractivity contribution in [2.75, 3.05) is 26.2 Å². The van der Waals surface area contributed by atoms with Gasteiger partial charge < -0.3 is 5.32 Å². The van der Waals surface area contributed by atoms with E-state index in [4.69, 9.17) is 11.6 Å². The summed E-state index contributed by atoms with van der Waals surface area (Å²) >= 11 is 7.75. The van der Waals surface area contributed by atoms with Crippen LogP contribution in [0.15, 0.2) is 24.8 Å². The summed E-state index contributed by atoms with van der Waals surface area (Å²) < 4.78 is 0.888. The zero-order chi connectivity index (χ0) is 12.1. The molecule has 0 bridgehead atoms. The van der Waals surface area contributed by atoms with Gasteiger partial charge in [-0.2, -0.15) is 0 Å². The number of nitrogens with zero attached hydrogens (tertiary/aromatic N) is 1. The number of halogens is 3. The lowest BCUT2D eigenvalue weighted by Crippen LogP contribution is -2.45. The normalized spacial score (nSPS) is 17.1. The molecule has 0 saturated carbocycles. The minimum atomic E-state index is 0. The van der Waals surface area contributed by atoms with Crippen molar-refractivity contribution in [1.29, 1.82) is 0 Å². The van der Waals surface area contributed by atoms with E-state index >= 15 is 0 Å². The predicted octanol–water partition coefficient (Wildman–Crippen LogP) is 4.16. The van der Waals surface area contributed by atoms with Crippen LogP contribution < -0.4 is 5.32 Å². The molecular formula is C13H21Cl3N2S. The van der Waals surface area contributed by atoms with Crippen LogP contribution in [0, 0.1) is 0 Å². The Bertz CT molecular complexity index is 365. The first-order valence-corrected chi connectivity index (χ1v) is 7.31. The smallest absolute Gasteiger partial charge is 0.0931 e. The number of piperazine rings is 1. The highest BCUT2D eigenvalue weighted by Crippen LogP contribution is 2.33. The van der Waals surface area contributed by atoms with E-state index < -0.39 is 0 Å². The minimum Gasteiger partial charge on any atom is -0.314 e. The lowest BCUT2D eigenvalue weighted by molar-refractivity contribution is 0.168. The van der Waals surface area contributed by atoms with Crippen LogP contribution in [-0.4, -0.2) is 31.1 Å².